The lowest BCUT2D eigenvalue weighted by Crippen LogP contribution is -2.66. The molecule has 0 bridgehead atoms. The van der Waals surface area contributed by atoms with Crippen molar-refractivity contribution in [2.24, 2.45) is 56.7 Å². The maximum absolute atomic E-state index is 15.2. The number of fused-ring (bicyclic) bond motifs is 7. The summed E-state index contributed by atoms with van der Waals surface area (Å²) in [6.45, 7) is 19.5. The first-order chi connectivity index (χ1) is 23.6. The van der Waals surface area contributed by atoms with Crippen molar-refractivity contribution >= 4 is 17.5 Å². The Kier molecular flexibility index (Phi) is 8.59. The lowest BCUT2D eigenvalue weighted by molar-refractivity contribution is -0.229. The molecule has 4 nitrogen and oxygen atoms in total. The zero-order valence-corrected chi connectivity index (χ0v) is 31.4. The number of carbonyl (C=O) groups excluding carboxylic acids is 2. The van der Waals surface area contributed by atoms with Crippen molar-refractivity contribution in [3.8, 4) is 0 Å². The van der Waals surface area contributed by atoms with Crippen molar-refractivity contribution in [2.45, 2.75) is 106 Å². The average molecular weight is 681 g/mol. The molecule has 4 fully saturated rings. The molecular weight excluding hydrogens is 623 g/mol. The van der Waals surface area contributed by atoms with Gasteiger partial charge in [0.1, 0.15) is 12.4 Å². The van der Waals surface area contributed by atoms with Gasteiger partial charge in [0.2, 0.25) is 0 Å². The van der Waals surface area contributed by atoms with Gasteiger partial charge in [0.25, 0.3) is 0 Å². The molecule has 0 aliphatic heterocycles. The van der Waals surface area contributed by atoms with E-state index in [4.69, 9.17) is 9.47 Å². The molecule has 0 radical (unpaired) electrons. The molecule has 0 spiro atoms. The lowest BCUT2D eigenvalue weighted by Gasteiger charge is -2.72. The van der Waals surface area contributed by atoms with Crippen LogP contribution in [0.4, 0.5) is 4.39 Å². The smallest absolute Gasteiger partial charge is 0.340 e. The maximum atomic E-state index is 15.2. The highest BCUT2D eigenvalue weighted by molar-refractivity contribution is 5.90. The SMILES string of the molecule is C=C(C)C1CCC2(C(=O)OCc3ccccc3)CCC3(C)C(CCC4C5(C)CC=C(c6ccc(C(=O)OC)c(F)c6)C(C)(C)C5CCC43C)C12. The van der Waals surface area contributed by atoms with Gasteiger partial charge in [-0.2, -0.15) is 0 Å². The number of carbonyl (C=O) groups is 2. The molecule has 4 saturated carbocycles. The van der Waals surface area contributed by atoms with Crippen LogP contribution in [-0.4, -0.2) is 19.0 Å². The van der Waals surface area contributed by atoms with Gasteiger partial charge < -0.3 is 9.47 Å². The van der Waals surface area contributed by atoms with Crippen LogP contribution in [0.25, 0.3) is 5.57 Å². The van der Waals surface area contributed by atoms with Gasteiger partial charge in [-0.15, -0.1) is 0 Å². The molecule has 2 aromatic rings. The molecule has 2 aromatic carbocycles. The molecule has 0 aromatic heterocycles. The van der Waals surface area contributed by atoms with E-state index in [1.165, 1.54) is 30.7 Å². The maximum Gasteiger partial charge on any atom is 0.340 e. The molecule has 268 valence electrons. The van der Waals surface area contributed by atoms with E-state index in [1.54, 1.807) is 6.07 Å². The van der Waals surface area contributed by atoms with E-state index < -0.39 is 17.2 Å². The fourth-order valence-electron chi connectivity index (χ4n) is 13.4. The summed E-state index contributed by atoms with van der Waals surface area (Å²) in [6.07, 6.45) is 11.8. The van der Waals surface area contributed by atoms with Crippen LogP contribution >= 0.6 is 0 Å². The summed E-state index contributed by atoms with van der Waals surface area (Å²) in [4.78, 5) is 26.4. The minimum atomic E-state index is -0.648. The lowest BCUT2D eigenvalue weighted by atomic mass is 9.32. The number of methoxy groups -OCH3 is 1. The topological polar surface area (TPSA) is 52.6 Å². The van der Waals surface area contributed by atoms with Gasteiger partial charge in [-0.3, -0.25) is 4.79 Å². The van der Waals surface area contributed by atoms with Gasteiger partial charge >= 0.3 is 11.9 Å². The molecule has 0 N–H and O–H groups in total. The Morgan fingerprint density at radius 1 is 0.880 bits per heavy atom. The molecule has 5 heteroatoms. The highest BCUT2D eigenvalue weighted by Crippen LogP contribution is 2.77. The Labute approximate surface area is 299 Å². The molecule has 7 rings (SSSR count). The minimum absolute atomic E-state index is 0.0165. The summed E-state index contributed by atoms with van der Waals surface area (Å²) in [5.74, 6) is 0.899. The summed E-state index contributed by atoms with van der Waals surface area (Å²) in [6, 6.07) is 15.1. The second kappa shape index (κ2) is 12.2. The minimum Gasteiger partial charge on any atom is -0.465 e. The average Bonchev–Trinajstić information content (AvgIpc) is 3.49. The quantitative estimate of drug-likeness (QED) is 0.225. The van der Waals surface area contributed by atoms with E-state index in [0.717, 1.165) is 62.5 Å². The largest absolute Gasteiger partial charge is 0.465 e. The van der Waals surface area contributed by atoms with Crippen molar-refractivity contribution in [3.05, 3.63) is 89.3 Å². The highest BCUT2D eigenvalue weighted by atomic mass is 19.1. The number of hydrogen-bond acceptors (Lipinski definition) is 4. The number of esters is 2. The second-order valence-corrected chi connectivity index (χ2v) is 18.1. The molecule has 5 aliphatic carbocycles. The number of allylic oxidation sites excluding steroid dienone is 3. The van der Waals surface area contributed by atoms with Crippen LogP contribution in [0.1, 0.15) is 121 Å². The number of benzene rings is 2. The van der Waals surface area contributed by atoms with E-state index in [1.807, 2.05) is 36.4 Å². The molecule has 5 aliphatic rings. The first-order valence-electron chi connectivity index (χ1n) is 19.1. The Hall–Kier alpha value is -3.21. The molecular formula is C45H57FO4. The third-order valence-corrected chi connectivity index (χ3v) is 15.9. The van der Waals surface area contributed by atoms with Crippen LogP contribution in [-0.2, 0) is 20.9 Å². The summed E-state index contributed by atoms with van der Waals surface area (Å²) in [7, 11) is 1.28. The van der Waals surface area contributed by atoms with Crippen molar-refractivity contribution in [2.75, 3.05) is 7.11 Å². The number of ether oxygens (including phenoxy) is 2. The van der Waals surface area contributed by atoms with E-state index in [2.05, 4.69) is 54.2 Å². The van der Waals surface area contributed by atoms with Crippen LogP contribution in [0.5, 0.6) is 0 Å². The van der Waals surface area contributed by atoms with Crippen LogP contribution in [0.2, 0.25) is 0 Å². The molecule has 9 unspecified atom stereocenters. The van der Waals surface area contributed by atoms with Gasteiger partial charge in [0, 0.05) is 0 Å². The van der Waals surface area contributed by atoms with Gasteiger partial charge in [-0.25, -0.2) is 9.18 Å². The summed E-state index contributed by atoms with van der Waals surface area (Å²) < 4.78 is 26.2. The van der Waals surface area contributed by atoms with E-state index in [9.17, 15) is 9.59 Å². The van der Waals surface area contributed by atoms with Crippen LogP contribution in [0, 0.1) is 62.5 Å². The standard InChI is InChI=1S/C45H57FO4/c1-28(2)31-18-23-45(40(48)50-27-29-12-10-9-11-13-29)25-24-43(6)34(38(31)45)16-17-37-42(5)21-19-33(41(3,4)36(42)20-22-44(37,43)7)30-14-15-32(35(46)26-30)39(47)49-8/h9-15,19,26,31,34,36-38H,1,16-18,20-25,27H2,2-8H3. The number of rotatable bonds is 6. The normalized spacial score (nSPS) is 38.4. The first kappa shape index (κ1) is 35.2. The molecule has 0 amide bonds. The third-order valence-electron chi connectivity index (χ3n) is 15.9. The van der Waals surface area contributed by atoms with Crippen LogP contribution in [0.3, 0.4) is 0 Å². The van der Waals surface area contributed by atoms with Crippen molar-refractivity contribution in [3.63, 3.8) is 0 Å². The zero-order valence-electron chi connectivity index (χ0n) is 31.4. The predicted molar refractivity (Wildman–Crippen MR) is 196 cm³/mol. The van der Waals surface area contributed by atoms with Crippen LogP contribution in [0.15, 0.2) is 66.8 Å². The Bertz CT molecular complexity index is 1730. The molecule has 0 heterocycles. The molecule has 50 heavy (non-hydrogen) atoms. The Morgan fingerprint density at radius 3 is 2.30 bits per heavy atom. The van der Waals surface area contributed by atoms with Gasteiger partial charge in [0.05, 0.1) is 18.1 Å². The summed E-state index contributed by atoms with van der Waals surface area (Å²) >= 11 is 0. The second-order valence-electron chi connectivity index (χ2n) is 18.1. The number of hydrogen-bond donors (Lipinski definition) is 0. The van der Waals surface area contributed by atoms with E-state index in [0.29, 0.717) is 30.3 Å². The summed E-state index contributed by atoms with van der Waals surface area (Å²) in [5, 5.41) is 0. The van der Waals surface area contributed by atoms with Crippen molar-refractivity contribution in [1.29, 1.82) is 0 Å². The molecule has 0 saturated heterocycles. The van der Waals surface area contributed by atoms with Gasteiger partial charge in [-0.1, -0.05) is 89.2 Å². The summed E-state index contributed by atoms with van der Waals surface area (Å²) in [5.41, 5.74) is 4.04. The van der Waals surface area contributed by atoms with Gasteiger partial charge in [-0.05, 0) is 145 Å². The molecule has 9 atom stereocenters. The Morgan fingerprint density at radius 2 is 1.62 bits per heavy atom. The Balaban J connectivity index is 1.20. The third kappa shape index (κ3) is 4.94. The first-order valence-corrected chi connectivity index (χ1v) is 19.1. The monoisotopic (exact) mass is 680 g/mol. The fraction of sp³-hybridized carbons (Fsp3) is 0.600. The van der Waals surface area contributed by atoms with Crippen molar-refractivity contribution < 1.29 is 23.5 Å². The highest BCUT2D eigenvalue weighted by Gasteiger charge is 2.71. The van der Waals surface area contributed by atoms with Crippen LogP contribution < -0.4 is 0 Å². The van der Waals surface area contributed by atoms with Gasteiger partial charge in [0.15, 0.2) is 0 Å². The predicted octanol–water partition coefficient (Wildman–Crippen LogP) is 11.0. The van der Waals surface area contributed by atoms with Crippen molar-refractivity contribution in [1.82, 2.24) is 0 Å². The van der Waals surface area contributed by atoms with E-state index in [-0.39, 0.29) is 39.1 Å². The zero-order chi connectivity index (χ0) is 35.9. The number of halogens is 1. The fourth-order valence-corrected chi connectivity index (χ4v) is 13.4. The van der Waals surface area contributed by atoms with E-state index >= 15 is 4.39 Å².